The largest absolute Gasteiger partial charge is 0.300 e. The fourth-order valence-electron chi connectivity index (χ4n) is 3.45. The van der Waals surface area contributed by atoms with Gasteiger partial charge in [0, 0.05) is 18.6 Å². The van der Waals surface area contributed by atoms with Crippen molar-refractivity contribution in [3.63, 3.8) is 0 Å². The minimum atomic E-state index is -3.45. The van der Waals surface area contributed by atoms with E-state index in [1.54, 1.807) is 0 Å². The van der Waals surface area contributed by atoms with Crippen LogP contribution in [0.25, 0.3) is 0 Å². The van der Waals surface area contributed by atoms with Gasteiger partial charge in [-0.2, -0.15) is 0 Å². The average Bonchev–Trinajstić information content (AvgIpc) is 2.86. The Bertz CT molecular complexity index is 601. The van der Waals surface area contributed by atoms with Crippen LogP contribution in [0, 0.1) is 5.92 Å². The van der Waals surface area contributed by atoms with E-state index in [0.717, 1.165) is 24.2 Å². The van der Waals surface area contributed by atoms with E-state index >= 15 is 0 Å². The third-order valence-corrected chi connectivity index (χ3v) is 9.02. The standard InChI is InChI=1S/C13H18BrClN2O2S2/c1-17-9-2-3-10(17)5-8(4-9)7-16-21(18,19)12-6-11(15)13(14)20-12/h6,8-10,16H,2-5,7H2,1H3. The molecule has 1 aromatic rings. The zero-order valence-corrected chi connectivity index (χ0v) is 15.7. The van der Waals surface area contributed by atoms with Gasteiger partial charge in [-0.05, 0) is 60.6 Å². The molecule has 0 radical (unpaired) electrons. The van der Waals surface area contributed by atoms with Crippen LogP contribution >= 0.6 is 38.9 Å². The summed E-state index contributed by atoms with van der Waals surface area (Å²) in [5, 5.41) is 0.442. The summed E-state index contributed by atoms with van der Waals surface area (Å²) in [7, 11) is -1.26. The van der Waals surface area contributed by atoms with Crippen molar-refractivity contribution in [2.45, 2.75) is 42.0 Å². The van der Waals surface area contributed by atoms with Gasteiger partial charge in [-0.15, -0.1) is 11.3 Å². The minimum absolute atomic E-state index is 0.273. The summed E-state index contributed by atoms with van der Waals surface area (Å²) in [6, 6.07) is 2.75. The van der Waals surface area contributed by atoms with Crippen LogP contribution in [0.1, 0.15) is 25.7 Å². The van der Waals surface area contributed by atoms with Gasteiger partial charge < -0.3 is 4.90 Å². The molecule has 0 spiro atoms. The molecule has 0 saturated carbocycles. The first kappa shape index (κ1) is 16.2. The maximum absolute atomic E-state index is 12.3. The van der Waals surface area contributed by atoms with Crippen molar-refractivity contribution in [1.29, 1.82) is 0 Å². The predicted octanol–water partition coefficient (Wildman–Crippen LogP) is 3.32. The van der Waals surface area contributed by atoms with Gasteiger partial charge in [-0.3, -0.25) is 0 Å². The van der Waals surface area contributed by atoms with Gasteiger partial charge in [-0.1, -0.05) is 11.6 Å². The summed E-state index contributed by atoms with van der Waals surface area (Å²) < 4.78 is 28.3. The summed E-state index contributed by atoms with van der Waals surface area (Å²) >= 11 is 10.3. The first-order valence-corrected chi connectivity index (χ1v) is 10.5. The van der Waals surface area contributed by atoms with Gasteiger partial charge in [0.05, 0.1) is 8.81 Å². The van der Waals surface area contributed by atoms with Crippen LogP contribution in [-0.4, -0.2) is 39.0 Å². The Balaban J connectivity index is 1.62. The van der Waals surface area contributed by atoms with Crippen LogP contribution in [-0.2, 0) is 10.0 Å². The molecule has 2 saturated heterocycles. The highest BCUT2D eigenvalue weighted by molar-refractivity contribution is 9.11. The van der Waals surface area contributed by atoms with Gasteiger partial charge in [0.2, 0.25) is 10.0 Å². The molecular weight excluding hydrogens is 396 g/mol. The summed E-state index contributed by atoms with van der Waals surface area (Å²) in [6.45, 7) is 0.524. The van der Waals surface area contributed by atoms with Crippen LogP contribution in [0.3, 0.4) is 0 Å². The molecule has 2 atom stereocenters. The maximum Gasteiger partial charge on any atom is 0.250 e. The fourth-order valence-corrected chi connectivity index (χ4v) is 7.01. The third kappa shape index (κ3) is 3.33. The molecule has 2 aliphatic rings. The van der Waals surface area contributed by atoms with E-state index in [1.807, 2.05) is 0 Å². The van der Waals surface area contributed by atoms with Gasteiger partial charge in [-0.25, -0.2) is 13.1 Å². The van der Waals surface area contributed by atoms with Gasteiger partial charge >= 0.3 is 0 Å². The number of rotatable bonds is 4. The molecule has 0 aliphatic carbocycles. The second kappa shape index (κ2) is 6.09. The lowest BCUT2D eigenvalue weighted by Crippen LogP contribution is -2.43. The number of sulfonamides is 1. The number of nitrogens with zero attached hydrogens (tertiary/aromatic N) is 1. The van der Waals surface area contributed by atoms with Crippen LogP contribution in [0.4, 0.5) is 0 Å². The molecule has 8 heteroatoms. The van der Waals surface area contributed by atoms with E-state index in [2.05, 4.69) is 32.6 Å². The summed E-state index contributed by atoms with van der Waals surface area (Å²) in [6.07, 6.45) is 4.67. The molecule has 1 N–H and O–H groups in total. The molecule has 3 heterocycles. The Labute approximate surface area is 143 Å². The van der Waals surface area contributed by atoms with Crippen LogP contribution in [0.2, 0.25) is 5.02 Å². The van der Waals surface area contributed by atoms with E-state index in [1.165, 1.54) is 18.9 Å². The van der Waals surface area contributed by atoms with Crippen molar-refractivity contribution < 1.29 is 8.42 Å². The van der Waals surface area contributed by atoms with E-state index in [9.17, 15) is 8.42 Å². The van der Waals surface area contributed by atoms with Crippen LogP contribution in [0.5, 0.6) is 0 Å². The Morgan fingerprint density at radius 3 is 2.57 bits per heavy atom. The van der Waals surface area contributed by atoms with E-state index in [-0.39, 0.29) is 4.21 Å². The van der Waals surface area contributed by atoms with Crippen molar-refractivity contribution in [2.75, 3.05) is 13.6 Å². The lowest BCUT2D eigenvalue weighted by atomic mass is 9.91. The van der Waals surface area contributed by atoms with Crippen molar-refractivity contribution in [3.05, 3.63) is 14.9 Å². The highest BCUT2D eigenvalue weighted by atomic mass is 79.9. The molecular formula is C13H18BrClN2O2S2. The predicted molar refractivity (Wildman–Crippen MR) is 89.5 cm³/mol. The molecule has 3 rings (SSSR count). The molecule has 2 fully saturated rings. The van der Waals surface area contributed by atoms with Crippen molar-refractivity contribution >= 4 is 48.9 Å². The molecule has 2 unspecified atom stereocenters. The van der Waals surface area contributed by atoms with E-state index < -0.39 is 10.0 Å². The molecule has 1 aromatic heterocycles. The van der Waals surface area contributed by atoms with Crippen LogP contribution < -0.4 is 4.72 Å². The number of halogens is 2. The molecule has 21 heavy (non-hydrogen) atoms. The van der Waals surface area contributed by atoms with E-state index in [4.69, 9.17) is 11.6 Å². The summed E-state index contributed by atoms with van der Waals surface area (Å²) in [5.74, 6) is 0.437. The van der Waals surface area contributed by atoms with E-state index in [0.29, 0.717) is 33.4 Å². The lowest BCUT2D eigenvalue weighted by Gasteiger charge is -2.36. The maximum atomic E-state index is 12.3. The van der Waals surface area contributed by atoms with Gasteiger partial charge in [0.15, 0.2) is 0 Å². The van der Waals surface area contributed by atoms with Crippen molar-refractivity contribution in [1.82, 2.24) is 9.62 Å². The second-order valence-corrected chi connectivity index (χ2v) is 10.7. The topological polar surface area (TPSA) is 49.4 Å². The summed E-state index contributed by atoms with van der Waals surface area (Å²) in [4.78, 5) is 2.46. The fraction of sp³-hybridized carbons (Fsp3) is 0.692. The number of piperidine rings is 1. The number of hydrogen-bond acceptors (Lipinski definition) is 4. The smallest absolute Gasteiger partial charge is 0.250 e. The normalized spacial score (nSPS) is 30.0. The summed E-state index contributed by atoms with van der Waals surface area (Å²) in [5.41, 5.74) is 0. The molecule has 118 valence electrons. The quantitative estimate of drug-likeness (QED) is 0.824. The SMILES string of the molecule is CN1C2CCC1CC(CNS(=O)(=O)c1cc(Cl)c(Br)s1)C2. The highest BCUT2D eigenvalue weighted by Crippen LogP contribution is 2.38. The second-order valence-electron chi connectivity index (χ2n) is 5.93. The lowest BCUT2D eigenvalue weighted by molar-refractivity contribution is 0.135. The number of thiophene rings is 1. The first-order chi connectivity index (χ1) is 9.87. The molecule has 4 nitrogen and oxygen atoms in total. The van der Waals surface area contributed by atoms with Gasteiger partial charge in [0.1, 0.15) is 4.21 Å². The zero-order chi connectivity index (χ0) is 15.2. The van der Waals surface area contributed by atoms with Crippen molar-refractivity contribution in [3.8, 4) is 0 Å². The monoisotopic (exact) mass is 412 g/mol. The van der Waals surface area contributed by atoms with Crippen LogP contribution in [0.15, 0.2) is 14.1 Å². The molecule has 0 amide bonds. The Morgan fingerprint density at radius 1 is 1.43 bits per heavy atom. The van der Waals surface area contributed by atoms with Gasteiger partial charge in [0.25, 0.3) is 0 Å². The Hall–Kier alpha value is 0.340. The number of nitrogens with one attached hydrogen (secondary N) is 1. The first-order valence-electron chi connectivity index (χ1n) is 7.03. The molecule has 2 aliphatic heterocycles. The third-order valence-electron chi connectivity index (χ3n) is 4.65. The molecule has 0 aromatic carbocycles. The minimum Gasteiger partial charge on any atom is -0.300 e. The average molecular weight is 414 g/mol. The number of hydrogen-bond donors (Lipinski definition) is 1. The van der Waals surface area contributed by atoms with Crippen molar-refractivity contribution in [2.24, 2.45) is 5.92 Å². The molecule has 2 bridgehead atoms. The number of fused-ring (bicyclic) bond motifs is 2. The highest BCUT2D eigenvalue weighted by Gasteiger charge is 2.38. The Morgan fingerprint density at radius 2 is 2.05 bits per heavy atom. The zero-order valence-electron chi connectivity index (χ0n) is 11.7. The Kier molecular flexibility index (Phi) is 4.70.